The van der Waals surface area contributed by atoms with Gasteiger partial charge in [0.25, 0.3) is 5.91 Å². The molecule has 0 bridgehead atoms. The molecule has 6 rings (SSSR count). The van der Waals surface area contributed by atoms with Crippen molar-refractivity contribution in [1.29, 1.82) is 5.26 Å². The summed E-state index contributed by atoms with van der Waals surface area (Å²) >= 11 is 0. The summed E-state index contributed by atoms with van der Waals surface area (Å²) in [5.74, 6) is 0.839. The monoisotopic (exact) mass is 525 g/mol. The Bertz CT molecular complexity index is 1450. The van der Waals surface area contributed by atoms with Crippen molar-refractivity contribution >= 4 is 22.7 Å². The smallest absolute Gasteiger partial charge is 0.254 e. The Balaban J connectivity index is 1.29. The lowest BCUT2D eigenvalue weighted by Gasteiger charge is -2.53. The Hall–Kier alpha value is -3.83. The summed E-state index contributed by atoms with van der Waals surface area (Å²) < 4.78 is 5.85. The molecule has 2 aliphatic heterocycles. The van der Waals surface area contributed by atoms with Crippen molar-refractivity contribution in [3.05, 3.63) is 64.8 Å². The Morgan fingerprint density at radius 1 is 1.18 bits per heavy atom. The molecule has 8 heteroatoms. The van der Waals surface area contributed by atoms with Crippen LogP contribution in [-0.2, 0) is 11.3 Å². The first-order valence-electron chi connectivity index (χ1n) is 13.8. The topological polar surface area (TPSA) is 101 Å². The van der Waals surface area contributed by atoms with Gasteiger partial charge in [0.15, 0.2) is 0 Å². The van der Waals surface area contributed by atoms with Crippen molar-refractivity contribution in [3.63, 3.8) is 0 Å². The molecular weight excluding hydrogens is 490 g/mol. The highest BCUT2D eigenvalue weighted by Crippen LogP contribution is 2.56. The average Bonchev–Trinajstić information content (AvgIpc) is 3.44. The molecule has 3 aliphatic rings. The van der Waals surface area contributed by atoms with Crippen LogP contribution in [0.4, 0.5) is 0 Å². The minimum absolute atomic E-state index is 0.103. The number of piperidine rings is 1. The van der Waals surface area contributed by atoms with E-state index in [0.29, 0.717) is 18.7 Å². The zero-order valence-electron chi connectivity index (χ0n) is 22.6. The zero-order valence-corrected chi connectivity index (χ0v) is 22.6. The van der Waals surface area contributed by atoms with Gasteiger partial charge in [0, 0.05) is 59.8 Å². The van der Waals surface area contributed by atoms with E-state index >= 15 is 0 Å². The molecule has 2 N–H and O–H groups in total. The minimum Gasteiger partial charge on any atom is -0.496 e. The van der Waals surface area contributed by atoms with Crippen molar-refractivity contribution in [2.24, 2.45) is 11.3 Å². The number of nitrogens with zero attached hydrogens (tertiary/aromatic N) is 3. The van der Waals surface area contributed by atoms with Gasteiger partial charge in [0.1, 0.15) is 5.75 Å². The third kappa shape index (κ3) is 4.65. The van der Waals surface area contributed by atoms with Gasteiger partial charge in [-0.15, -0.1) is 0 Å². The molecule has 3 fully saturated rings. The highest BCUT2D eigenvalue weighted by Gasteiger charge is 2.49. The third-order valence-corrected chi connectivity index (χ3v) is 9.10. The maximum Gasteiger partial charge on any atom is 0.254 e. The maximum atomic E-state index is 13.1. The molecule has 1 atom stereocenters. The number of rotatable bonds is 5. The van der Waals surface area contributed by atoms with E-state index in [2.05, 4.69) is 52.5 Å². The number of hydrogen-bond donors (Lipinski definition) is 2. The van der Waals surface area contributed by atoms with E-state index in [9.17, 15) is 14.9 Å². The van der Waals surface area contributed by atoms with Gasteiger partial charge in [-0.05, 0) is 80.0 Å². The van der Waals surface area contributed by atoms with Crippen LogP contribution in [0.5, 0.6) is 5.75 Å². The van der Waals surface area contributed by atoms with Crippen molar-refractivity contribution in [2.45, 2.75) is 45.2 Å². The number of H-pyrrole nitrogens is 1. The van der Waals surface area contributed by atoms with Gasteiger partial charge in [-0.2, -0.15) is 5.26 Å². The molecule has 3 aromatic rings. The lowest BCUT2D eigenvalue weighted by molar-refractivity contribution is -0.123. The number of nitriles is 1. The van der Waals surface area contributed by atoms with Crippen LogP contribution in [0.25, 0.3) is 10.9 Å². The number of likely N-dealkylation sites (tertiary alicyclic amines) is 1. The summed E-state index contributed by atoms with van der Waals surface area (Å²) in [5, 5.41) is 13.4. The van der Waals surface area contributed by atoms with Crippen LogP contribution in [0.15, 0.2) is 42.6 Å². The fraction of sp³-hybridized carbons (Fsp3) is 0.452. The Kier molecular flexibility index (Phi) is 6.56. The summed E-state index contributed by atoms with van der Waals surface area (Å²) in [6.45, 7) is 4.91. The summed E-state index contributed by atoms with van der Waals surface area (Å²) in [6.07, 6.45) is 6.00. The number of carbonyl (C=O) groups is 2. The van der Waals surface area contributed by atoms with Crippen molar-refractivity contribution in [3.8, 4) is 11.8 Å². The number of methoxy groups -OCH3 is 1. The van der Waals surface area contributed by atoms with Gasteiger partial charge in [-0.1, -0.05) is 12.1 Å². The Labute approximate surface area is 228 Å². The third-order valence-electron chi connectivity index (χ3n) is 9.10. The van der Waals surface area contributed by atoms with Crippen molar-refractivity contribution < 1.29 is 14.3 Å². The number of ether oxygens (including phenoxy) is 1. The molecule has 1 unspecified atom stereocenters. The molecule has 1 aromatic heterocycles. The van der Waals surface area contributed by atoms with E-state index in [-0.39, 0.29) is 35.7 Å². The zero-order chi connectivity index (χ0) is 27.1. The summed E-state index contributed by atoms with van der Waals surface area (Å²) in [6, 6.07) is 14.8. The normalized spacial score (nSPS) is 25.3. The second-order valence-corrected chi connectivity index (χ2v) is 11.5. The molecule has 2 aromatic carbocycles. The molecule has 1 spiro atoms. The van der Waals surface area contributed by atoms with E-state index in [1.165, 1.54) is 16.5 Å². The number of amides is 2. The van der Waals surface area contributed by atoms with Crippen molar-refractivity contribution in [2.75, 3.05) is 33.3 Å². The van der Waals surface area contributed by atoms with Crippen LogP contribution in [0, 0.1) is 29.6 Å². The highest BCUT2D eigenvalue weighted by molar-refractivity contribution is 5.97. The second kappa shape index (κ2) is 10.0. The number of aromatic nitrogens is 1. The maximum absolute atomic E-state index is 13.1. The lowest BCUT2D eigenvalue weighted by atomic mass is 9.56. The first-order valence-corrected chi connectivity index (χ1v) is 13.8. The molecule has 2 amide bonds. The minimum atomic E-state index is -0.117. The molecule has 0 radical (unpaired) electrons. The van der Waals surface area contributed by atoms with E-state index in [1.54, 1.807) is 12.0 Å². The molecule has 2 saturated heterocycles. The number of aryl methyl sites for hydroxylation is 1. The van der Waals surface area contributed by atoms with Gasteiger partial charge < -0.3 is 19.9 Å². The summed E-state index contributed by atoms with van der Waals surface area (Å²) in [4.78, 5) is 32.4. The number of carbonyl (C=O) groups excluding carboxylic acids is 2. The van der Waals surface area contributed by atoms with Crippen LogP contribution in [-0.4, -0.2) is 59.9 Å². The lowest BCUT2D eigenvalue weighted by Crippen LogP contribution is -2.50. The van der Waals surface area contributed by atoms with E-state index in [0.717, 1.165) is 55.6 Å². The van der Waals surface area contributed by atoms with Crippen LogP contribution in [0.2, 0.25) is 0 Å². The SMILES string of the molecule is COc1cc(C)c2[nH]ccc2c1CN1CCC2(CC(C#N)C2)CC1c1ccc(C(=O)N2CCNC(=O)C2)cc1. The molecular formula is C31H35N5O3. The van der Waals surface area contributed by atoms with Gasteiger partial charge >= 0.3 is 0 Å². The van der Waals surface area contributed by atoms with Crippen molar-refractivity contribution in [1.82, 2.24) is 20.1 Å². The first-order chi connectivity index (χ1) is 18.9. The number of piperazine rings is 1. The predicted molar refractivity (Wildman–Crippen MR) is 148 cm³/mol. The number of aromatic amines is 1. The Morgan fingerprint density at radius 2 is 1.97 bits per heavy atom. The molecule has 3 heterocycles. The van der Waals surface area contributed by atoms with Gasteiger partial charge in [-0.25, -0.2) is 0 Å². The summed E-state index contributed by atoms with van der Waals surface area (Å²) in [5.41, 5.74) is 5.47. The number of fused-ring (bicyclic) bond motifs is 1. The van der Waals surface area contributed by atoms with Crippen LogP contribution >= 0.6 is 0 Å². The van der Waals surface area contributed by atoms with Crippen LogP contribution in [0.3, 0.4) is 0 Å². The van der Waals surface area contributed by atoms with E-state index in [4.69, 9.17) is 4.74 Å². The van der Waals surface area contributed by atoms with Crippen LogP contribution in [0.1, 0.15) is 58.8 Å². The quantitative estimate of drug-likeness (QED) is 0.517. The highest BCUT2D eigenvalue weighted by atomic mass is 16.5. The molecule has 202 valence electrons. The number of hydrogen-bond acceptors (Lipinski definition) is 5. The second-order valence-electron chi connectivity index (χ2n) is 11.5. The molecule has 1 aliphatic carbocycles. The van der Waals surface area contributed by atoms with E-state index < -0.39 is 0 Å². The Morgan fingerprint density at radius 3 is 2.69 bits per heavy atom. The molecule has 8 nitrogen and oxygen atoms in total. The van der Waals surface area contributed by atoms with Gasteiger partial charge in [0.2, 0.25) is 5.91 Å². The van der Waals surface area contributed by atoms with Gasteiger partial charge in [-0.3, -0.25) is 14.5 Å². The van der Waals surface area contributed by atoms with Gasteiger partial charge in [0.05, 0.1) is 19.7 Å². The standard InChI is InChI=1S/C31H35N5O3/c1-20-13-27(39-2)25(24-7-9-34-29(20)24)18-35-11-8-31(14-21(15-31)17-32)16-26(35)22-3-5-23(6-4-22)30(38)36-12-10-33-28(37)19-36/h3-7,9,13,21,26,34H,8,10-12,14-16,18-19H2,1-2H3,(H,33,37). The fourth-order valence-corrected chi connectivity index (χ4v) is 6.97. The number of benzene rings is 2. The first kappa shape index (κ1) is 25.4. The predicted octanol–water partition coefficient (Wildman–Crippen LogP) is 4.31. The van der Waals surface area contributed by atoms with Crippen LogP contribution < -0.4 is 10.1 Å². The van der Waals surface area contributed by atoms with E-state index in [1.807, 2.05) is 18.3 Å². The fourth-order valence-electron chi connectivity index (χ4n) is 6.97. The largest absolute Gasteiger partial charge is 0.496 e. The summed E-state index contributed by atoms with van der Waals surface area (Å²) in [7, 11) is 1.73. The molecule has 1 saturated carbocycles. The molecule has 39 heavy (non-hydrogen) atoms. The number of nitrogens with one attached hydrogen (secondary N) is 2. The average molecular weight is 526 g/mol.